The average Bonchev–Trinajstić information content (AvgIpc) is 2.34. The number of pyridine rings is 1. The lowest BCUT2D eigenvalue weighted by Crippen LogP contribution is -1.95. The molecular weight excluding hydrogens is 253 g/mol. The Bertz CT molecular complexity index is 572. The SMILES string of the molecule is Cc1ccc(F)c(Oc2ccc(CCl)c(C)n2)c1. The highest BCUT2D eigenvalue weighted by molar-refractivity contribution is 6.17. The number of hydrogen-bond donors (Lipinski definition) is 0. The van der Waals surface area contributed by atoms with Gasteiger partial charge < -0.3 is 4.74 Å². The Morgan fingerprint density at radius 2 is 2.00 bits per heavy atom. The van der Waals surface area contributed by atoms with Crippen LogP contribution in [-0.2, 0) is 5.88 Å². The molecule has 0 aliphatic rings. The summed E-state index contributed by atoms with van der Waals surface area (Å²) >= 11 is 5.75. The second kappa shape index (κ2) is 5.36. The summed E-state index contributed by atoms with van der Waals surface area (Å²) in [6.07, 6.45) is 0. The fourth-order valence-electron chi connectivity index (χ4n) is 1.57. The van der Waals surface area contributed by atoms with E-state index in [0.29, 0.717) is 11.8 Å². The van der Waals surface area contributed by atoms with E-state index in [1.54, 1.807) is 18.2 Å². The molecule has 0 unspecified atom stereocenters. The molecule has 0 spiro atoms. The smallest absolute Gasteiger partial charge is 0.219 e. The molecule has 0 atom stereocenters. The fourth-order valence-corrected chi connectivity index (χ4v) is 1.85. The molecule has 0 N–H and O–H groups in total. The highest BCUT2D eigenvalue weighted by Crippen LogP contribution is 2.25. The predicted molar refractivity (Wildman–Crippen MR) is 69.7 cm³/mol. The number of hydrogen-bond acceptors (Lipinski definition) is 2. The largest absolute Gasteiger partial charge is 0.436 e. The average molecular weight is 266 g/mol. The van der Waals surface area contributed by atoms with Gasteiger partial charge in [0.1, 0.15) is 0 Å². The number of benzene rings is 1. The molecular formula is C14H13ClFNO. The number of aromatic nitrogens is 1. The monoisotopic (exact) mass is 265 g/mol. The van der Waals surface area contributed by atoms with Crippen molar-refractivity contribution in [1.29, 1.82) is 0 Å². The lowest BCUT2D eigenvalue weighted by atomic mass is 10.2. The first-order chi connectivity index (χ1) is 8.60. The van der Waals surface area contributed by atoms with Gasteiger partial charge in [-0.3, -0.25) is 0 Å². The predicted octanol–water partition coefficient (Wildman–Crippen LogP) is 4.37. The molecule has 0 saturated carbocycles. The molecule has 0 aliphatic carbocycles. The second-order valence-corrected chi connectivity index (χ2v) is 4.33. The van der Waals surface area contributed by atoms with Crippen molar-refractivity contribution in [3.63, 3.8) is 0 Å². The molecule has 94 valence electrons. The van der Waals surface area contributed by atoms with E-state index in [-0.39, 0.29) is 5.75 Å². The molecule has 18 heavy (non-hydrogen) atoms. The van der Waals surface area contributed by atoms with Crippen molar-refractivity contribution >= 4 is 11.6 Å². The molecule has 0 bridgehead atoms. The Morgan fingerprint density at radius 3 is 2.67 bits per heavy atom. The van der Waals surface area contributed by atoms with Crippen LogP contribution in [-0.4, -0.2) is 4.98 Å². The third kappa shape index (κ3) is 2.79. The van der Waals surface area contributed by atoms with Crippen molar-refractivity contribution in [1.82, 2.24) is 4.98 Å². The summed E-state index contributed by atoms with van der Waals surface area (Å²) in [5.41, 5.74) is 2.66. The van der Waals surface area contributed by atoms with Crippen LogP contribution >= 0.6 is 11.6 Å². The van der Waals surface area contributed by atoms with Crippen molar-refractivity contribution in [2.75, 3.05) is 0 Å². The fraction of sp³-hybridized carbons (Fsp3) is 0.214. The van der Waals surface area contributed by atoms with E-state index in [0.717, 1.165) is 16.8 Å². The van der Waals surface area contributed by atoms with Crippen molar-refractivity contribution in [2.24, 2.45) is 0 Å². The lowest BCUT2D eigenvalue weighted by Gasteiger charge is -2.08. The van der Waals surface area contributed by atoms with Crippen molar-refractivity contribution in [3.8, 4) is 11.6 Å². The van der Waals surface area contributed by atoms with Gasteiger partial charge in [-0.1, -0.05) is 12.1 Å². The first kappa shape index (κ1) is 12.8. The molecule has 0 radical (unpaired) electrons. The second-order valence-electron chi connectivity index (χ2n) is 4.06. The van der Waals surface area contributed by atoms with E-state index < -0.39 is 5.82 Å². The van der Waals surface area contributed by atoms with Crippen LogP contribution in [0.3, 0.4) is 0 Å². The molecule has 2 nitrogen and oxygen atoms in total. The van der Waals surface area contributed by atoms with Crippen LogP contribution in [0, 0.1) is 19.7 Å². The van der Waals surface area contributed by atoms with Crippen LogP contribution in [0.15, 0.2) is 30.3 Å². The van der Waals surface area contributed by atoms with Gasteiger partial charge in [-0.25, -0.2) is 9.37 Å². The zero-order chi connectivity index (χ0) is 13.1. The van der Waals surface area contributed by atoms with Crippen molar-refractivity contribution in [2.45, 2.75) is 19.7 Å². The van der Waals surface area contributed by atoms with Gasteiger partial charge in [0, 0.05) is 17.6 Å². The van der Waals surface area contributed by atoms with Gasteiger partial charge in [-0.15, -0.1) is 11.6 Å². The summed E-state index contributed by atoms with van der Waals surface area (Å²) in [5, 5.41) is 0. The number of rotatable bonds is 3. The molecule has 1 aromatic heterocycles. The maximum Gasteiger partial charge on any atom is 0.219 e. The van der Waals surface area contributed by atoms with Gasteiger partial charge in [0.05, 0.1) is 0 Å². The van der Waals surface area contributed by atoms with E-state index in [4.69, 9.17) is 16.3 Å². The molecule has 4 heteroatoms. The van der Waals surface area contributed by atoms with Crippen LogP contribution in [0.5, 0.6) is 11.6 Å². The van der Waals surface area contributed by atoms with Crippen LogP contribution < -0.4 is 4.74 Å². The van der Waals surface area contributed by atoms with Crippen LogP contribution in [0.4, 0.5) is 4.39 Å². The molecule has 1 aromatic carbocycles. The topological polar surface area (TPSA) is 22.1 Å². The number of aryl methyl sites for hydroxylation is 2. The van der Waals surface area contributed by atoms with Gasteiger partial charge in [0.15, 0.2) is 11.6 Å². The number of halogens is 2. The highest BCUT2D eigenvalue weighted by atomic mass is 35.5. The van der Waals surface area contributed by atoms with E-state index in [1.807, 2.05) is 19.9 Å². The number of nitrogens with zero attached hydrogens (tertiary/aromatic N) is 1. The molecule has 2 rings (SSSR count). The Labute approximate surface area is 110 Å². The van der Waals surface area contributed by atoms with E-state index in [1.165, 1.54) is 6.07 Å². The molecule has 0 amide bonds. The minimum Gasteiger partial charge on any atom is -0.436 e. The van der Waals surface area contributed by atoms with Crippen LogP contribution in [0.25, 0.3) is 0 Å². The Kier molecular flexibility index (Phi) is 3.82. The summed E-state index contributed by atoms with van der Waals surface area (Å²) in [6.45, 7) is 3.72. The quantitative estimate of drug-likeness (QED) is 0.769. The van der Waals surface area contributed by atoms with Crippen LogP contribution in [0.1, 0.15) is 16.8 Å². The summed E-state index contributed by atoms with van der Waals surface area (Å²) < 4.78 is 19.0. The molecule has 1 heterocycles. The van der Waals surface area contributed by atoms with E-state index in [2.05, 4.69) is 4.98 Å². The molecule has 0 saturated heterocycles. The minimum atomic E-state index is -0.401. The molecule has 2 aromatic rings. The lowest BCUT2D eigenvalue weighted by molar-refractivity contribution is 0.426. The summed E-state index contributed by atoms with van der Waals surface area (Å²) in [4.78, 5) is 4.24. The molecule has 0 aliphatic heterocycles. The number of ether oxygens (including phenoxy) is 1. The summed E-state index contributed by atoms with van der Waals surface area (Å²) in [5.74, 6) is 0.547. The third-order valence-corrected chi connectivity index (χ3v) is 2.90. The first-order valence-corrected chi connectivity index (χ1v) is 6.10. The standard InChI is InChI=1S/C14H13ClFNO/c1-9-3-5-12(16)13(7-9)18-14-6-4-11(8-15)10(2)17-14/h3-7H,8H2,1-2H3. The number of alkyl halides is 1. The summed E-state index contributed by atoms with van der Waals surface area (Å²) in [7, 11) is 0. The van der Waals surface area contributed by atoms with Gasteiger partial charge in [-0.05, 0) is 37.1 Å². The first-order valence-electron chi connectivity index (χ1n) is 5.56. The van der Waals surface area contributed by atoms with Crippen molar-refractivity contribution < 1.29 is 9.13 Å². The van der Waals surface area contributed by atoms with E-state index in [9.17, 15) is 4.39 Å². The maximum atomic E-state index is 13.5. The maximum absolute atomic E-state index is 13.5. The molecule has 0 fully saturated rings. The Hall–Kier alpha value is -1.61. The van der Waals surface area contributed by atoms with Crippen LogP contribution in [0.2, 0.25) is 0 Å². The van der Waals surface area contributed by atoms with Gasteiger partial charge in [0.2, 0.25) is 5.88 Å². The zero-order valence-electron chi connectivity index (χ0n) is 10.2. The van der Waals surface area contributed by atoms with Gasteiger partial charge in [-0.2, -0.15) is 0 Å². The summed E-state index contributed by atoms with van der Waals surface area (Å²) in [6, 6.07) is 8.23. The Balaban J connectivity index is 2.28. The zero-order valence-corrected chi connectivity index (χ0v) is 11.0. The van der Waals surface area contributed by atoms with Crippen molar-refractivity contribution in [3.05, 3.63) is 53.0 Å². The minimum absolute atomic E-state index is 0.181. The third-order valence-electron chi connectivity index (χ3n) is 2.61. The Morgan fingerprint density at radius 1 is 1.22 bits per heavy atom. The van der Waals surface area contributed by atoms with Gasteiger partial charge in [0.25, 0.3) is 0 Å². The van der Waals surface area contributed by atoms with Gasteiger partial charge >= 0.3 is 0 Å². The van der Waals surface area contributed by atoms with E-state index >= 15 is 0 Å². The highest BCUT2D eigenvalue weighted by Gasteiger charge is 2.07. The normalized spacial score (nSPS) is 10.4.